The fraction of sp³-hybridized carbons (Fsp3) is 0.160. The molecule has 4 heterocycles. The Labute approximate surface area is 184 Å². The molecule has 2 unspecified atom stereocenters. The number of nitrogens with two attached hydrogens (primary N) is 1. The highest BCUT2D eigenvalue weighted by Gasteiger charge is 2.27. The number of nitrogens with zero attached hydrogens (tertiary/aromatic N) is 4. The van der Waals surface area contributed by atoms with Gasteiger partial charge in [-0.3, -0.25) is 4.40 Å². The summed E-state index contributed by atoms with van der Waals surface area (Å²) in [5, 5.41) is 14.3. The van der Waals surface area contributed by atoms with Gasteiger partial charge in [-0.2, -0.15) is 0 Å². The molecule has 0 saturated carbocycles. The number of benzene rings is 2. The van der Waals surface area contributed by atoms with E-state index in [1.54, 1.807) is 6.20 Å². The number of anilines is 1. The first kappa shape index (κ1) is 18.9. The maximum atomic E-state index is 9.92. The summed E-state index contributed by atoms with van der Waals surface area (Å²) in [4.78, 5) is 14.1. The standard InChI is InChI=1S/C25H22N6O/c26-24-23-13-28-25(21-11-18(32)12-27-21)31(23)14-22(30-24)17-7-6-16-8-9-19(29-20(16)10-17)15-4-2-1-3-5-15/h1-10,13-14,18,21,27,32H,11-12H2,(H2,26,30). The van der Waals surface area contributed by atoms with E-state index in [1.165, 1.54) is 0 Å². The molecule has 5 aromatic rings. The third-order valence-corrected chi connectivity index (χ3v) is 6.06. The van der Waals surface area contributed by atoms with Crippen LogP contribution in [0.2, 0.25) is 0 Å². The van der Waals surface area contributed by atoms with Crippen molar-refractivity contribution in [3.63, 3.8) is 0 Å². The summed E-state index contributed by atoms with van der Waals surface area (Å²) in [5.41, 5.74) is 11.6. The van der Waals surface area contributed by atoms with Crippen LogP contribution in [-0.2, 0) is 0 Å². The van der Waals surface area contributed by atoms with Gasteiger partial charge in [-0.15, -0.1) is 0 Å². The lowest BCUT2D eigenvalue weighted by Gasteiger charge is -2.12. The minimum atomic E-state index is -0.364. The molecule has 7 heteroatoms. The fourth-order valence-corrected chi connectivity index (χ4v) is 4.40. The highest BCUT2D eigenvalue weighted by molar-refractivity contribution is 5.86. The molecule has 4 N–H and O–H groups in total. The Hall–Kier alpha value is -3.81. The Morgan fingerprint density at radius 2 is 1.81 bits per heavy atom. The van der Waals surface area contributed by atoms with Gasteiger partial charge in [0.25, 0.3) is 0 Å². The number of hydrogen-bond acceptors (Lipinski definition) is 6. The smallest absolute Gasteiger partial charge is 0.150 e. The first-order chi connectivity index (χ1) is 15.7. The van der Waals surface area contributed by atoms with E-state index in [0.29, 0.717) is 18.8 Å². The van der Waals surface area contributed by atoms with Crippen molar-refractivity contribution >= 4 is 22.2 Å². The zero-order chi connectivity index (χ0) is 21.7. The van der Waals surface area contributed by atoms with Crippen molar-refractivity contribution < 1.29 is 5.11 Å². The van der Waals surface area contributed by atoms with Gasteiger partial charge in [-0.05, 0) is 18.6 Å². The van der Waals surface area contributed by atoms with Gasteiger partial charge >= 0.3 is 0 Å². The minimum Gasteiger partial charge on any atom is -0.392 e. The fourth-order valence-electron chi connectivity index (χ4n) is 4.40. The maximum Gasteiger partial charge on any atom is 0.150 e. The van der Waals surface area contributed by atoms with Crippen molar-refractivity contribution in [2.75, 3.05) is 12.3 Å². The summed E-state index contributed by atoms with van der Waals surface area (Å²) >= 11 is 0. The zero-order valence-electron chi connectivity index (χ0n) is 17.3. The van der Waals surface area contributed by atoms with E-state index in [9.17, 15) is 5.11 Å². The molecule has 1 aliphatic heterocycles. The van der Waals surface area contributed by atoms with Gasteiger partial charge in [0.1, 0.15) is 17.2 Å². The maximum absolute atomic E-state index is 9.92. The highest BCUT2D eigenvalue weighted by Crippen LogP contribution is 2.29. The van der Waals surface area contributed by atoms with Crippen LogP contribution in [0.25, 0.3) is 38.9 Å². The summed E-state index contributed by atoms with van der Waals surface area (Å²) in [6, 6.07) is 20.4. The first-order valence-corrected chi connectivity index (χ1v) is 10.7. The molecule has 158 valence electrons. The Balaban J connectivity index is 1.45. The molecule has 0 bridgehead atoms. The molecule has 0 aliphatic carbocycles. The van der Waals surface area contributed by atoms with Gasteiger partial charge in [-0.25, -0.2) is 15.0 Å². The van der Waals surface area contributed by atoms with Crippen LogP contribution < -0.4 is 11.1 Å². The number of nitrogens with one attached hydrogen (secondary N) is 1. The van der Waals surface area contributed by atoms with Crippen molar-refractivity contribution in [1.82, 2.24) is 24.7 Å². The van der Waals surface area contributed by atoms with Crippen LogP contribution in [0.3, 0.4) is 0 Å². The number of hydrogen-bond donors (Lipinski definition) is 3. The lowest BCUT2D eigenvalue weighted by molar-refractivity contribution is 0.193. The quantitative estimate of drug-likeness (QED) is 0.411. The van der Waals surface area contributed by atoms with Crippen LogP contribution in [0.5, 0.6) is 0 Å². The number of aromatic nitrogens is 4. The minimum absolute atomic E-state index is 0.0196. The lowest BCUT2D eigenvalue weighted by atomic mass is 10.1. The molecule has 7 nitrogen and oxygen atoms in total. The van der Waals surface area contributed by atoms with E-state index >= 15 is 0 Å². The number of pyridine rings is 1. The predicted octanol–water partition coefficient (Wildman–Crippen LogP) is 3.59. The average Bonchev–Trinajstić information content (AvgIpc) is 3.45. The van der Waals surface area contributed by atoms with Gasteiger partial charge in [0.2, 0.25) is 0 Å². The molecule has 2 aromatic carbocycles. The van der Waals surface area contributed by atoms with Gasteiger partial charge in [0.05, 0.1) is 35.2 Å². The molecule has 1 fully saturated rings. The third kappa shape index (κ3) is 3.19. The molecule has 3 aromatic heterocycles. The molecule has 32 heavy (non-hydrogen) atoms. The predicted molar refractivity (Wildman–Crippen MR) is 125 cm³/mol. The summed E-state index contributed by atoms with van der Waals surface area (Å²) in [7, 11) is 0. The zero-order valence-corrected chi connectivity index (χ0v) is 17.3. The summed E-state index contributed by atoms with van der Waals surface area (Å²) in [6.45, 7) is 0.563. The Kier molecular flexibility index (Phi) is 4.38. The van der Waals surface area contributed by atoms with E-state index < -0.39 is 0 Å². The van der Waals surface area contributed by atoms with Crippen molar-refractivity contribution in [3.05, 3.63) is 78.9 Å². The second-order valence-corrected chi connectivity index (χ2v) is 8.20. The number of aliphatic hydroxyl groups is 1. The molecule has 0 spiro atoms. The number of β-amino-alcohol motifs (C(OH)–C–C–N with tert-alkyl or cyclic N) is 1. The molecular formula is C25H22N6O. The normalized spacial score (nSPS) is 18.5. The summed E-state index contributed by atoms with van der Waals surface area (Å²) < 4.78 is 1.98. The van der Waals surface area contributed by atoms with Crippen molar-refractivity contribution in [2.24, 2.45) is 0 Å². The number of imidazole rings is 1. The number of nitrogen functional groups attached to an aromatic ring is 1. The summed E-state index contributed by atoms with van der Waals surface area (Å²) in [6.07, 6.45) is 3.96. The van der Waals surface area contributed by atoms with Gasteiger partial charge < -0.3 is 16.2 Å². The third-order valence-electron chi connectivity index (χ3n) is 6.06. The number of aliphatic hydroxyl groups excluding tert-OH is 1. The molecule has 0 amide bonds. The molecule has 1 saturated heterocycles. The van der Waals surface area contributed by atoms with Crippen LogP contribution in [0.1, 0.15) is 18.3 Å². The van der Waals surface area contributed by atoms with Crippen molar-refractivity contribution in [3.8, 4) is 22.5 Å². The van der Waals surface area contributed by atoms with Crippen LogP contribution >= 0.6 is 0 Å². The second kappa shape index (κ2) is 7.40. The Morgan fingerprint density at radius 1 is 0.969 bits per heavy atom. The van der Waals surface area contributed by atoms with E-state index in [0.717, 1.165) is 44.8 Å². The van der Waals surface area contributed by atoms with E-state index in [1.807, 2.05) is 47.0 Å². The molecule has 0 radical (unpaired) electrons. The Morgan fingerprint density at radius 3 is 2.62 bits per heavy atom. The molecule has 6 rings (SSSR count). The topological polar surface area (TPSA) is 101 Å². The lowest BCUT2D eigenvalue weighted by Crippen LogP contribution is -2.17. The van der Waals surface area contributed by atoms with E-state index in [-0.39, 0.29) is 12.1 Å². The van der Waals surface area contributed by atoms with Crippen LogP contribution in [0.4, 0.5) is 5.82 Å². The van der Waals surface area contributed by atoms with Crippen molar-refractivity contribution in [1.29, 1.82) is 0 Å². The van der Waals surface area contributed by atoms with Crippen LogP contribution in [-0.4, -0.2) is 37.1 Å². The molecule has 1 aliphatic rings. The first-order valence-electron chi connectivity index (χ1n) is 10.7. The molecular weight excluding hydrogens is 400 g/mol. The Bertz CT molecular complexity index is 1450. The SMILES string of the molecule is Nc1nc(-c2ccc3ccc(-c4ccccc4)nc3c2)cn2c(C3CC(O)CN3)ncc12. The summed E-state index contributed by atoms with van der Waals surface area (Å²) in [5.74, 6) is 1.25. The number of fused-ring (bicyclic) bond motifs is 2. The monoisotopic (exact) mass is 422 g/mol. The van der Waals surface area contributed by atoms with Gasteiger partial charge in [0, 0.05) is 29.3 Å². The number of rotatable bonds is 3. The van der Waals surface area contributed by atoms with Crippen LogP contribution in [0, 0.1) is 0 Å². The van der Waals surface area contributed by atoms with Gasteiger partial charge in [0.15, 0.2) is 0 Å². The second-order valence-electron chi connectivity index (χ2n) is 8.20. The average molecular weight is 422 g/mol. The van der Waals surface area contributed by atoms with E-state index in [2.05, 4.69) is 39.6 Å². The van der Waals surface area contributed by atoms with Gasteiger partial charge in [-0.1, -0.05) is 48.5 Å². The molecule has 2 atom stereocenters. The largest absolute Gasteiger partial charge is 0.392 e. The van der Waals surface area contributed by atoms with E-state index in [4.69, 9.17) is 10.7 Å². The van der Waals surface area contributed by atoms with Crippen LogP contribution in [0.15, 0.2) is 73.1 Å². The highest BCUT2D eigenvalue weighted by atomic mass is 16.3. The van der Waals surface area contributed by atoms with Crippen molar-refractivity contribution in [2.45, 2.75) is 18.6 Å².